The number of fused-ring (bicyclic) bond motifs is 1. The van der Waals surface area contributed by atoms with E-state index in [1.807, 2.05) is 24.3 Å². The summed E-state index contributed by atoms with van der Waals surface area (Å²) in [6.07, 6.45) is 2.70. The summed E-state index contributed by atoms with van der Waals surface area (Å²) in [6, 6.07) is 6.69. The molecule has 10 heteroatoms. The van der Waals surface area contributed by atoms with Crippen molar-refractivity contribution < 1.29 is 9.59 Å². The highest BCUT2D eigenvalue weighted by Crippen LogP contribution is 2.14. The number of nitrogens with zero attached hydrogens (tertiary/aromatic N) is 3. The van der Waals surface area contributed by atoms with Crippen LogP contribution < -0.4 is 22.1 Å². The van der Waals surface area contributed by atoms with Crippen molar-refractivity contribution in [2.45, 2.75) is 37.8 Å². The Balaban J connectivity index is 1.55. The van der Waals surface area contributed by atoms with Crippen molar-refractivity contribution >= 4 is 34.8 Å². The summed E-state index contributed by atoms with van der Waals surface area (Å²) in [6.45, 7) is 0.782. The lowest BCUT2D eigenvalue weighted by molar-refractivity contribution is -0.138. The molecule has 3 rings (SSSR count). The third-order valence-corrected chi connectivity index (χ3v) is 4.92. The van der Waals surface area contributed by atoms with E-state index in [-0.39, 0.29) is 30.8 Å². The van der Waals surface area contributed by atoms with Crippen molar-refractivity contribution in [1.82, 2.24) is 20.2 Å². The summed E-state index contributed by atoms with van der Waals surface area (Å²) in [5, 5.41) is 5.66. The van der Waals surface area contributed by atoms with Crippen LogP contribution in [0.5, 0.6) is 0 Å². The normalized spacial score (nSPS) is 17.6. The molecule has 2 amide bonds. The van der Waals surface area contributed by atoms with E-state index in [2.05, 4.69) is 25.6 Å². The molecule has 0 saturated heterocycles. The van der Waals surface area contributed by atoms with Crippen molar-refractivity contribution in [2.24, 2.45) is 16.5 Å². The number of rotatable bonds is 8. The molecular formula is C19H28N8O2. The van der Waals surface area contributed by atoms with Crippen molar-refractivity contribution in [2.75, 3.05) is 25.5 Å². The topological polar surface area (TPSA) is 155 Å². The first-order valence-electron chi connectivity index (χ1n) is 9.76. The Labute approximate surface area is 169 Å². The van der Waals surface area contributed by atoms with Crippen LogP contribution in [0.2, 0.25) is 0 Å². The van der Waals surface area contributed by atoms with Crippen LogP contribution in [-0.2, 0) is 9.59 Å². The molecule has 1 aliphatic heterocycles. The number of aromatic amines is 1. The van der Waals surface area contributed by atoms with E-state index in [1.165, 1.54) is 4.90 Å². The number of H-pyrrole nitrogens is 1. The van der Waals surface area contributed by atoms with E-state index in [0.29, 0.717) is 18.5 Å². The Morgan fingerprint density at radius 2 is 2.17 bits per heavy atom. The van der Waals surface area contributed by atoms with Gasteiger partial charge in [-0.3, -0.25) is 20.2 Å². The molecule has 1 unspecified atom stereocenters. The number of imidazole rings is 1. The zero-order chi connectivity index (χ0) is 20.8. The third kappa shape index (κ3) is 5.30. The van der Waals surface area contributed by atoms with Crippen LogP contribution in [0.4, 0.5) is 5.95 Å². The maximum atomic E-state index is 12.5. The van der Waals surface area contributed by atoms with Gasteiger partial charge in [0.1, 0.15) is 6.04 Å². The van der Waals surface area contributed by atoms with Gasteiger partial charge in [0.2, 0.25) is 17.8 Å². The molecule has 2 aromatic rings. The average Bonchev–Trinajstić information content (AvgIpc) is 3.10. The second kappa shape index (κ2) is 9.48. The van der Waals surface area contributed by atoms with E-state index in [4.69, 9.17) is 11.5 Å². The zero-order valence-corrected chi connectivity index (χ0v) is 16.5. The van der Waals surface area contributed by atoms with Crippen LogP contribution >= 0.6 is 0 Å². The van der Waals surface area contributed by atoms with E-state index < -0.39 is 6.04 Å². The predicted molar refractivity (Wildman–Crippen MR) is 112 cm³/mol. The van der Waals surface area contributed by atoms with Gasteiger partial charge in [0, 0.05) is 19.5 Å². The number of guanidine groups is 1. The number of carbonyl (C=O) groups excluding carboxylic acids is 2. The number of nitrogens with one attached hydrogen (secondary N) is 3. The van der Waals surface area contributed by atoms with E-state index >= 15 is 0 Å². The van der Waals surface area contributed by atoms with Crippen LogP contribution in [0.15, 0.2) is 29.3 Å². The lowest BCUT2D eigenvalue weighted by Gasteiger charge is -2.30. The number of benzene rings is 1. The Kier molecular flexibility index (Phi) is 6.78. The minimum Gasteiger partial charge on any atom is -0.332 e. The minimum atomic E-state index is -0.667. The zero-order valence-electron chi connectivity index (χ0n) is 16.5. The highest BCUT2D eigenvalue weighted by atomic mass is 16.2. The number of nitrogens with two attached hydrogens (primary N) is 2. The maximum absolute atomic E-state index is 12.5. The van der Waals surface area contributed by atoms with Gasteiger partial charge in [0.25, 0.3) is 5.91 Å². The van der Waals surface area contributed by atoms with Gasteiger partial charge in [-0.05, 0) is 31.5 Å². The van der Waals surface area contributed by atoms with Crippen LogP contribution in [0, 0.1) is 0 Å². The molecule has 2 atom stereocenters. The van der Waals surface area contributed by atoms with Crippen molar-refractivity contribution in [3.63, 3.8) is 0 Å². The molecule has 0 bridgehead atoms. The number of likely N-dealkylation sites (N-methyl/N-ethyl adjacent to an activating group) is 1. The summed E-state index contributed by atoms with van der Waals surface area (Å²) < 4.78 is 0. The number of aliphatic imine (C=N–C) groups is 1. The van der Waals surface area contributed by atoms with Crippen LogP contribution in [0.25, 0.3) is 11.0 Å². The lowest BCUT2D eigenvalue weighted by Crippen LogP contribution is -2.55. The molecule has 1 aliphatic rings. The molecule has 0 saturated carbocycles. The van der Waals surface area contributed by atoms with Gasteiger partial charge in [-0.2, -0.15) is 0 Å². The first-order valence-corrected chi connectivity index (χ1v) is 9.76. The fourth-order valence-corrected chi connectivity index (χ4v) is 3.19. The van der Waals surface area contributed by atoms with Gasteiger partial charge in [0.05, 0.1) is 17.6 Å². The Bertz CT molecular complexity index is 860. The highest BCUT2D eigenvalue weighted by Gasteiger charge is 2.31. The SMILES string of the molecule is CN(C(=O)C[C@@H](N)CCCCN)C1CN=C(Nc2nc3ccccc3[nH]2)NC1=O. The standard InChI is InChI=1S/C19H28N8O2/c1-27(16(28)10-12(21)6-4-5-9-20)15-11-22-18(25-17(15)29)26-19-23-13-7-2-3-8-14(13)24-19/h2-3,7-8,12,15H,4-6,9-11,20-21H2,1H3,(H3,22,23,24,25,26,29)/t12-,15?/m0/s1. The van der Waals surface area contributed by atoms with Gasteiger partial charge in [-0.15, -0.1) is 0 Å². The molecule has 0 radical (unpaired) electrons. The van der Waals surface area contributed by atoms with Crippen LogP contribution in [-0.4, -0.2) is 64.9 Å². The molecule has 2 heterocycles. The highest BCUT2D eigenvalue weighted by molar-refractivity contribution is 6.07. The third-order valence-electron chi connectivity index (χ3n) is 4.92. The molecule has 1 aromatic carbocycles. The van der Waals surface area contributed by atoms with Crippen LogP contribution in [0.1, 0.15) is 25.7 Å². The van der Waals surface area contributed by atoms with Crippen molar-refractivity contribution in [1.29, 1.82) is 0 Å². The number of hydrogen-bond acceptors (Lipinski definition) is 7. The van der Waals surface area contributed by atoms with Crippen LogP contribution in [0.3, 0.4) is 0 Å². The second-order valence-electron chi connectivity index (χ2n) is 7.18. The summed E-state index contributed by atoms with van der Waals surface area (Å²) >= 11 is 0. The molecule has 156 valence electrons. The number of carbonyl (C=O) groups is 2. The fraction of sp³-hybridized carbons (Fsp3) is 0.474. The molecule has 7 N–H and O–H groups in total. The largest absolute Gasteiger partial charge is 0.332 e. The number of anilines is 1. The number of unbranched alkanes of at least 4 members (excludes halogenated alkanes) is 1. The Morgan fingerprint density at radius 1 is 1.38 bits per heavy atom. The van der Waals surface area contributed by atoms with Gasteiger partial charge in [-0.25, -0.2) is 9.98 Å². The predicted octanol–water partition coefficient (Wildman–Crippen LogP) is 0.134. The Morgan fingerprint density at radius 3 is 2.90 bits per heavy atom. The summed E-state index contributed by atoms with van der Waals surface area (Å²) in [5.74, 6) is 0.307. The minimum absolute atomic E-state index is 0.166. The number of aromatic nitrogens is 2. The molecule has 1 aromatic heterocycles. The number of hydrogen-bond donors (Lipinski definition) is 5. The van der Waals surface area contributed by atoms with E-state index in [1.54, 1.807) is 7.05 Å². The molecule has 0 spiro atoms. The quantitative estimate of drug-likeness (QED) is 0.397. The number of para-hydroxylation sites is 2. The Hall–Kier alpha value is -2.98. The van der Waals surface area contributed by atoms with E-state index in [9.17, 15) is 9.59 Å². The molecule has 0 fully saturated rings. The van der Waals surface area contributed by atoms with Gasteiger partial charge >= 0.3 is 0 Å². The summed E-state index contributed by atoms with van der Waals surface area (Å²) in [7, 11) is 1.60. The fourth-order valence-electron chi connectivity index (χ4n) is 3.19. The molecule has 10 nitrogen and oxygen atoms in total. The van der Waals surface area contributed by atoms with Gasteiger partial charge in [-0.1, -0.05) is 18.6 Å². The van der Waals surface area contributed by atoms with E-state index in [0.717, 1.165) is 30.3 Å². The molecule has 0 aliphatic carbocycles. The molecule has 29 heavy (non-hydrogen) atoms. The number of amides is 2. The second-order valence-corrected chi connectivity index (χ2v) is 7.18. The lowest BCUT2D eigenvalue weighted by atomic mass is 10.1. The summed E-state index contributed by atoms with van der Waals surface area (Å²) in [4.78, 5) is 38.2. The van der Waals surface area contributed by atoms with Gasteiger partial charge in [0.15, 0.2) is 0 Å². The summed E-state index contributed by atoms with van der Waals surface area (Å²) in [5.41, 5.74) is 13.2. The molecular weight excluding hydrogens is 372 g/mol. The monoisotopic (exact) mass is 400 g/mol. The first-order chi connectivity index (χ1) is 14.0. The first kappa shape index (κ1) is 20.7. The van der Waals surface area contributed by atoms with Crippen molar-refractivity contribution in [3.05, 3.63) is 24.3 Å². The maximum Gasteiger partial charge on any atom is 0.251 e. The van der Waals surface area contributed by atoms with Gasteiger partial charge < -0.3 is 21.4 Å². The van der Waals surface area contributed by atoms with Crippen molar-refractivity contribution in [3.8, 4) is 0 Å². The average molecular weight is 400 g/mol. The smallest absolute Gasteiger partial charge is 0.251 e.